The van der Waals surface area contributed by atoms with Gasteiger partial charge in [0.2, 0.25) is 0 Å². The fourth-order valence-electron chi connectivity index (χ4n) is 0.906. The summed E-state index contributed by atoms with van der Waals surface area (Å²) in [6.07, 6.45) is 2.82. The Morgan fingerprint density at radius 3 is 2.87 bits per heavy atom. The van der Waals surface area contributed by atoms with Gasteiger partial charge in [0, 0.05) is 19.2 Å². The van der Waals surface area contributed by atoms with Crippen LogP contribution in [0.3, 0.4) is 0 Å². The van der Waals surface area contributed by atoms with Crippen molar-refractivity contribution < 1.29 is 14.3 Å². The summed E-state index contributed by atoms with van der Waals surface area (Å²) in [7, 11) is 0. The third kappa shape index (κ3) is 7.77. The van der Waals surface area contributed by atoms with E-state index in [1.165, 1.54) is 6.21 Å². The number of carbonyl (C=O) groups is 1. The summed E-state index contributed by atoms with van der Waals surface area (Å²) in [4.78, 5) is 10.3. The van der Waals surface area contributed by atoms with Crippen LogP contribution in [0.15, 0.2) is 11.9 Å². The normalized spacial score (nSPS) is 13.6. The lowest BCUT2D eigenvalue weighted by Crippen LogP contribution is -2.27. The molecule has 0 spiro atoms. The minimum absolute atomic E-state index is 0.159. The highest BCUT2D eigenvalue weighted by molar-refractivity contribution is 5.75. The number of hydrogen-bond acceptors (Lipinski definition) is 4. The van der Waals surface area contributed by atoms with E-state index in [-0.39, 0.29) is 6.42 Å². The van der Waals surface area contributed by atoms with Crippen molar-refractivity contribution in [2.24, 2.45) is 5.73 Å². The first-order valence-corrected chi connectivity index (χ1v) is 4.62. The fraction of sp³-hybridized carbons (Fsp3) is 0.556. The van der Waals surface area contributed by atoms with Crippen molar-refractivity contribution in [1.29, 1.82) is 5.41 Å². The molecule has 0 aromatic carbocycles. The molecule has 0 aliphatic carbocycles. The van der Waals surface area contributed by atoms with E-state index in [4.69, 9.17) is 16.2 Å². The standard InChI is InChI=1S/C9H16FN3O2/c10-7(6-8(12)9(14)15)2-1-4-13-5-3-11/h3,6,8,11,13H,1-2,4-5,12H2,(H,14,15)/b7-6-,11-3?/t8-/m0/s1. The molecule has 0 saturated heterocycles. The molecular weight excluding hydrogens is 201 g/mol. The van der Waals surface area contributed by atoms with Crippen LogP contribution < -0.4 is 11.1 Å². The molecule has 0 rings (SSSR count). The first kappa shape index (κ1) is 13.7. The zero-order chi connectivity index (χ0) is 11.7. The van der Waals surface area contributed by atoms with Crippen LogP contribution >= 0.6 is 0 Å². The van der Waals surface area contributed by atoms with E-state index in [0.717, 1.165) is 6.08 Å². The Morgan fingerprint density at radius 1 is 1.67 bits per heavy atom. The number of rotatable bonds is 8. The average molecular weight is 217 g/mol. The number of allylic oxidation sites excluding steroid dienone is 1. The molecule has 0 aliphatic rings. The first-order valence-electron chi connectivity index (χ1n) is 4.62. The van der Waals surface area contributed by atoms with E-state index >= 15 is 0 Å². The quantitative estimate of drug-likeness (QED) is 0.346. The predicted molar refractivity (Wildman–Crippen MR) is 55.7 cm³/mol. The second kappa shape index (κ2) is 8.07. The van der Waals surface area contributed by atoms with Gasteiger partial charge < -0.3 is 21.6 Å². The number of nitrogens with one attached hydrogen (secondary N) is 2. The third-order valence-corrected chi connectivity index (χ3v) is 1.66. The smallest absolute Gasteiger partial charge is 0.324 e. The number of halogens is 1. The maximum absolute atomic E-state index is 13.0. The molecular formula is C9H16FN3O2. The maximum Gasteiger partial charge on any atom is 0.324 e. The van der Waals surface area contributed by atoms with E-state index in [1.807, 2.05) is 0 Å². The highest BCUT2D eigenvalue weighted by Crippen LogP contribution is 2.06. The molecule has 86 valence electrons. The van der Waals surface area contributed by atoms with Gasteiger partial charge >= 0.3 is 5.97 Å². The summed E-state index contributed by atoms with van der Waals surface area (Å²) in [6, 6.07) is -1.28. The molecule has 0 radical (unpaired) electrons. The van der Waals surface area contributed by atoms with Crippen LogP contribution in [0.1, 0.15) is 12.8 Å². The van der Waals surface area contributed by atoms with Crippen molar-refractivity contribution in [3.63, 3.8) is 0 Å². The Balaban J connectivity index is 3.68. The van der Waals surface area contributed by atoms with Crippen molar-refractivity contribution in [3.8, 4) is 0 Å². The highest BCUT2D eigenvalue weighted by Gasteiger charge is 2.09. The lowest BCUT2D eigenvalue weighted by atomic mass is 10.2. The van der Waals surface area contributed by atoms with Crippen molar-refractivity contribution in [2.45, 2.75) is 18.9 Å². The monoisotopic (exact) mass is 217 g/mol. The van der Waals surface area contributed by atoms with Crippen LogP contribution in [-0.2, 0) is 4.79 Å². The van der Waals surface area contributed by atoms with E-state index in [9.17, 15) is 9.18 Å². The highest BCUT2D eigenvalue weighted by atomic mass is 19.1. The van der Waals surface area contributed by atoms with Crippen molar-refractivity contribution in [2.75, 3.05) is 13.1 Å². The summed E-state index contributed by atoms with van der Waals surface area (Å²) in [5, 5.41) is 18.0. The molecule has 5 N–H and O–H groups in total. The van der Waals surface area contributed by atoms with Crippen LogP contribution in [0.4, 0.5) is 4.39 Å². The fourth-order valence-corrected chi connectivity index (χ4v) is 0.906. The lowest BCUT2D eigenvalue weighted by Gasteiger charge is -2.02. The van der Waals surface area contributed by atoms with Gasteiger partial charge in [-0.25, -0.2) is 4.39 Å². The van der Waals surface area contributed by atoms with Gasteiger partial charge in [-0.1, -0.05) is 0 Å². The average Bonchev–Trinajstić information content (AvgIpc) is 2.17. The molecule has 0 saturated carbocycles. The summed E-state index contributed by atoms with van der Waals surface area (Å²) in [5.41, 5.74) is 5.11. The minimum Gasteiger partial charge on any atom is -0.480 e. The molecule has 0 aromatic heterocycles. The van der Waals surface area contributed by atoms with E-state index in [0.29, 0.717) is 19.5 Å². The Labute approximate surface area is 87.7 Å². The Bertz CT molecular complexity index is 244. The molecule has 6 heteroatoms. The van der Waals surface area contributed by atoms with Gasteiger partial charge in [0.1, 0.15) is 6.04 Å². The summed E-state index contributed by atoms with van der Waals surface area (Å²) in [6.45, 7) is 1.04. The number of carboxylic acid groups (broad SMARTS) is 1. The number of aliphatic carboxylic acids is 1. The molecule has 0 aromatic rings. The third-order valence-electron chi connectivity index (χ3n) is 1.66. The van der Waals surface area contributed by atoms with Gasteiger partial charge in [0.05, 0.1) is 5.83 Å². The summed E-state index contributed by atoms with van der Waals surface area (Å²) >= 11 is 0. The Kier molecular flexibility index (Phi) is 7.39. The van der Waals surface area contributed by atoms with E-state index in [2.05, 4.69) is 5.32 Å². The minimum atomic E-state index is -1.28. The van der Waals surface area contributed by atoms with Crippen molar-refractivity contribution in [3.05, 3.63) is 11.9 Å². The van der Waals surface area contributed by atoms with Gasteiger partial charge in [0.25, 0.3) is 0 Å². The van der Waals surface area contributed by atoms with E-state index in [1.54, 1.807) is 0 Å². The van der Waals surface area contributed by atoms with E-state index < -0.39 is 17.8 Å². The van der Waals surface area contributed by atoms with Crippen LogP contribution in [-0.4, -0.2) is 36.4 Å². The molecule has 0 fully saturated rings. The van der Waals surface area contributed by atoms with Crippen LogP contribution in [0.25, 0.3) is 0 Å². The molecule has 0 bridgehead atoms. The zero-order valence-electron chi connectivity index (χ0n) is 8.37. The molecule has 0 heterocycles. The van der Waals surface area contributed by atoms with Gasteiger partial charge in [-0.05, 0) is 19.0 Å². The zero-order valence-corrected chi connectivity index (χ0v) is 8.37. The number of hydrogen-bond donors (Lipinski definition) is 4. The van der Waals surface area contributed by atoms with Gasteiger partial charge in [-0.15, -0.1) is 0 Å². The molecule has 5 nitrogen and oxygen atoms in total. The molecule has 0 aliphatic heterocycles. The number of carboxylic acids is 1. The molecule has 1 atom stereocenters. The maximum atomic E-state index is 13.0. The summed E-state index contributed by atoms with van der Waals surface area (Å²) < 4.78 is 13.0. The first-order chi connectivity index (χ1) is 7.07. The van der Waals surface area contributed by atoms with Gasteiger partial charge in [-0.2, -0.15) is 0 Å². The second-order valence-corrected chi connectivity index (χ2v) is 2.99. The predicted octanol–water partition coefficient (Wildman–Crippen LogP) is 0.271. The van der Waals surface area contributed by atoms with Gasteiger partial charge in [-0.3, -0.25) is 4.79 Å². The Hall–Kier alpha value is -1.27. The SMILES string of the molecule is N=CCNCCC/C(F)=C/[C@H](N)C(=O)O. The largest absolute Gasteiger partial charge is 0.480 e. The van der Waals surface area contributed by atoms with Gasteiger partial charge in [0.15, 0.2) is 0 Å². The van der Waals surface area contributed by atoms with Crippen LogP contribution in [0.2, 0.25) is 0 Å². The lowest BCUT2D eigenvalue weighted by molar-refractivity contribution is -0.137. The molecule has 15 heavy (non-hydrogen) atoms. The molecule has 0 amide bonds. The topological polar surface area (TPSA) is 99.2 Å². The van der Waals surface area contributed by atoms with Crippen LogP contribution in [0.5, 0.6) is 0 Å². The second-order valence-electron chi connectivity index (χ2n) is 2.99. The van der Waals surface area contributed by atoms with Crippen LogP contribution in [0, 0.1) is 5.41 Å². The van der Waals surface area contributed by atoms with Crippen molar-refractivity contribution >= 4 is 12.2 Å². The Morgan fingerprint density at radius 2 is 2.33 bits per heavy atom. The molecule has 0 unspecified atom stereocenters. The number of nitrogens with two attached hydrogens (primary N) is 1. The van der Waals surface area contributed by atoms with Crippen molar-refractivity contribution in [1.82, 2.24) is 5.32 Å². The summed E-state index contributed by atoms with van der Waals surface area (Å²) in [5.74, 6) is -1.76.